The number of likely N-dealkylation sites (tertiary alicyclic amines) is 1. The lowest BCUT2D eigenvalue weighted by Gasteiger charge is -2.32. The van der Waals surface area contributed by atoms with E-state index in [0.717, 1.165) is 12.8 Å². The Hall–Kier alpha value is -2.98. The highest BCUT2D eigenvalue weighted by Gasteiger charge is 2.23. The second kappa shape index (κ2) is 10.1. The number of esters is 1. The largest absolute Gasteiger partial charge is 0.493 e. The van der Waals surface area contributed by atoms with Crippen LogP contribution in [0.25, 0.3) is 0 Å². The van der Waals surface area contributed by atoms with Crippen molar-refractivity contribution in [1.29, 1.82) is 5.41 Å². The van der Waals surface area contributed by atoms with E-state index in [1.807, 2.05) is 0 Å². The van der Waals surface area contributed by atoms with Crippen LogP contribution in [0.3, 0.4) is 0 Å². The molecule has 3 N–H and O–H groups in total. The number of carbonyl (C=O) groups is 1. The summed E-state index contributed by atoms with van der Waals surface area (Å²) < 4.78 is 41.2. The molecule has 0 aromatic heterocycles. The number of methoxy groups -OCH3 is 1. The molecular weight excluding hydrogens is 458 g/mol. The maximum Gasteiger partial charge on any atom is 0.340 e. The van der Waals surface area contributed by atoms with Crippen molar-refractivity contribution in [1.82, 2.24) is 4.90 Å². The minimum absolute atomic E-state index is 0.0185. The highest BCUT2D eigenvalue weighted by atomic mass is 35.5. The molecule has 1 fully saturated rings. The highest BCUT2D eigenvalue weighted by molar-refractivity contribution is 7.87. The molecule has 0 unspecified atom stereocenters. The zero-order valence-electron chi connectivity index (χ0n) is 17.4. The molecule has 1 saturated heterocycles. The van der Waals surface area contributed by atoms with Crippen LogP contribution in [0, 0.1) is 11.3 Å². The van der Waals surface area contributed by atoms with E-state index in [0.29, 0.717) is 19.7 Å². The summed E-state index contributed by atoms with van der Waals surface area (Å²) in [5, 5.41) is 7.52. The van der Waals surface area contributed by atoms with E-state index in [9.17, 15) is 13.2 Å². The lowest BCUT2D eigenvalue weighted by Crippen LogP contribution is -2.43. The number of hydrogen-bond donors (Lipinski definition) is 2. The third-order valence-electron chi connectivity index (χ3n) is 5.05. The SMILES string of the molecule is COC(=O)c1cc(OCC2CCN(C(=N)N)CC2)cc(OS(=O)(=O)c2ccccc2Cl)c1. The van der Waals surface area contributed by atoms with Crippen molar-refractivity contribution < 1.29 is 26.9 Å². The number of halogens is 1. The first-order valence-electron chi connectivity index (χ1n) is 9.84. The van der Waals surface area contributed by atoms with Crippen molar-refractivity contribution in [3.63, 3.8) is 0 Å². The van der Waals surface area contributed by atoms with Crippen molar-refractivity contribution in [3.8, 4) is 11.5 Å². The third kappa shape index (κ3) is 5.83. The average molecular weight is 482 g/mol. The Morgan fingerprint density at radius 2 is 1.84 bits per heavy atom. The monoisotopic (exact) mass is 481 g/mol. The minimum atomic E-state index is -4.24. The zero-order chi connectivity index (χ0) is 23.3. The Balaban J connectivity index is 1.77. The van der Waals surface area contributed by atoms with Crippen LogP contribution in [0.5, 0.6) is 11.5 Å². The minimum Gasteiger partial charge on any atom is -0.493 e. The standard InChI is InChI=1S/C21H24ClN3O6S/c1-29-20(26)15-10-16(30-13-14-6-8-25(9-7-14)21(23)24)12-17(11-15)31-32(27,28)19-5-3-2-4-18(19)22/h2-5,10-12,14H,6-9,13H2,1H3,(H3,23,24). The fourth-order valence-corrected chi connectivity index (χ4v) is 4.72. The molecule has 0 amide bonds. The van der Waals surface area contributed by atoms with Gasteiger partial charge in [0.15, 0.2) is 5.96 Å². The first-order valence-corrected chi connectivity index (χ1v) is 11.6. The molecule has 0 radical (unpaired) electrons. The van der Waals surface area contributed by atoms with Gasteiger partial charge in [-0.1, -0.05) is 23.7 Å². The van der Waals surface area contributed by atoms with Crippen LogP contribution >= 0.6 is 11.6 Å². The molecule has 1 aliphatic rings. The molecule has 0 spiro atoms. The van der Waals surface area contributed by atoms with Crippen LogP contribution in [-0.4, -0.2) is 52.1 Å². The second-order valence-electron chi connectivity index (χ2n) is 7.28. The number of hydrogen-bond acceptors (Lipinski definition) is 7. The fourth-order valence-electron chi connectivity index (χ4n) is 3.31. The van der Waals surface area contributed by atoms with E-state index in [-0.39, 0.29) is 38.9 Å². The van der Waals surface area contributed by atoms with Crippen molar-refractivity contribution >= 4 is 33.6 Å². The van der Waals surface area contributed by atoms with Crippen molar-refractivity contribution in [3.05, 3.63) is 53.1 Å². The van der Waals surface area contributed by atoms with Gasteiger partial charge in [-0.3, -0.25) is 5.41 Å². The van der Waals surface area contributed by atoms with Gasteiger partial charge in [0.25, 0.3) is 0 Å². The first kappa shape index (κ1) is 23.7. The number of nitrogens with one attached hydrogen (secondary N) is 1. The number of nitrogens with two attached hydrogens (primary N) is 1. The molecule has 2 aromatic rings. The summed E-state index contributed by atoms with van der Waals surface area (Å²) in [6.45, 7) is 1.68. The summed E-state index contributed by atoms with van der Waals surface area (Å²) in [5.74, 6) is -0.217. The molecule has 11 heteroatoms. The van der Waals surface area contributed by atoms with Gasteiger partial charge in [-0.05, 0) is 43.0 Å². The number of benzene rings is 2. The van der Waals surface area contributed by atoms with Crippen LogP contribution in [0.4, 0.5) is 0 Å². The summed E-state index contributed by atoms with van der Waals surface area (Å²) in [6, 6.07) is 10.0. The Morgan fingerprint density at radius 1 is 1.19 bits per heavy atom. The summed E-state index contributed by atoms with van der Waals surface area (Å²) in [5.41, 5.74) is 5.60. The molecule has 0 bridgehead atoms. The molecule has 9 nitrogen and oxygen atoms in total. The zero-order valence-corrected chi connectivity index (χ0v) is 19.0. The number of guanidine groups is 1. The highest BCUT2D eigenvalue weighted by Crippen LogP contribution is 2.29. The van der Waals surface area contributed by atoms with Crippen LogP contribution in [-0.2, 0) is 14.9 Å². The van der Waals surface area contributed by atoms with Crippen LogP contribution in [0.1, 0.15) is 23.2 Å². The first-order chi connectivity index (χ1) is 15.2. The number of ether oxygens (including phenoxy) is 2. The van der Waals surface area contributed by atoms with E-state index >= 15 is 0 Å². The molecule has 2 aromatic carbocycles. The maximum atomic E-state index is 12.7. The van der Waals surface area contributed by atoms with Gasteiger partial charge >= 0.3 is 16.1 Å². The Kier molecular flexibility index (Phi) is 7.47. The van der Waals surface area contributed by atoms with Gasteiger partial charge in [0, 0.05) is 19.2 Å². The van der Waals surface area contributed by atoms with Crippen LogP contribution < -0.4 is 14.7 Å². The molecule has 3 rings (SSSR count). The molecule has 1 heterocycles. The lowest BCUT2D eigenvalue weighted by molar-refractivity contribution is 0.0599. The van der Waals surface area contributed by atoms with E-state index in [2.05, 4.69) is 0 Å². The van der Waals surface area contributed by atoms with Gasteiger partial charge in [-0.25, -0.2) is 4.79 Å². The number of rotatable bonds is 7. The van der Waals surface area contributed by atoms with Gasteiger partial charge in [0.1, 0.15) is 16.4 Å². The topological polar surface area (TPSA) is 132 Å². The molecule has 0 atom stereocenters. The molecule has 1 aliphatic heterocycles. The van der Waals surface area contributed by atoms with Crippen molar-refractivity contribution in [2.75, 3.05) is 26.8 Å². The van der Waals surface area contributed by atoms with Gasteiger partial charge in [0.05, 0.1) is 24.3 Å². The van der Waals surface area contributed by atoms with E-state index < -0.39 is 16.1 Å². The van der Waals surface area contributed by atoms with Crippen LogP contribution in [0.2, 0.25) is 5.02 Å². The predicted molar refractivity (Wildman–Crippen MR) is 119 cm³/mol. The molecule has 172 valence electrons. The summed E-state index contributed by atoms with van der Waals surface area (Å²) >= 11 is 5.99. The van der Waals surface area contributed by atoms with Crippen LogP contribution in [0.15, 0.2) is 47.4 Å². The molecular formula is C21H24ClN3O6S. The summed E-state index contributed by atoms with van der Waals surface area (Å²) in [4.78, 5) is 13.7. The van der Waals surface area contributed by atoms with Gasteiger partial charge in [0.2, 0.25) is 0 Å². The summed E-state index contributed by atoms with van der Waals surface area (Å²) in [6.07, 6.45) is 1.58. The normalized spacial score (nSPS) is 14.6. The lowest BCUT2D eigenvalue weighted by atomic mass is 9.98. The maximum absolute atomic E-state index is 12.7. The second-order valence-corrected chi connectivity index (χ2v) is 9.20. The Labute approximate surface area is 191 Å². The molecule has 0 aliphatic carbocycles. The third-order valence-corrected chi connectivity index (χ3v) is 6.80. The number of nitrogens with zero attached hydrogens (tertiary/aromatic N) is 1. The van der Waals surface area contributed by atoms with Gasteiger partial charge in [-0.15, -0.1) is 0 Å². The quantitative estimate of drug-likeness (QED) is 0.267. The molecule has 0 saturated carbocycles. The van der Waals surface area contributed by atoms with E-state index in [4.69, 9.17) is 36.4 Å². The smallest absolute Gasteiger partial charge is 0.340 e. The average Bonchev–Trinajstić information content (AvgIpc) is 2.77. The molecule has 32 heavy (non-hydrogen) atoms. The van der Waals surface area contributed by atoms with Crippen molar-refractivity contribution in [2.45, 2.75) is 17.7 Å². The number of carbonyl (C=O) groups excluding carboxylic acids is 1. The summed E-state index contributed by atoms with van der Waals surface area (Å²) in [7, 11) is -3.01. The van der Waals surface area contributed by atoms with Gasteiger partial charge in [-0.2, -0.15) is 8.42 Å². The van der Waals surface area contributed by atoms with Gasteiger partial charge < -0.3 is 24.3 Å². The fraction of sp³-hybridized carbons (Fsp3) is 0.333. The number of piperidine rings is 1. The Morgan fingerprint density at radius 3 is 2.47 bits per heavy atom. The Bertz CT molecular complexity index is 1100. The predicted octanol–water partition coefficient (Wildman–Crippen LogP) is 2.88. The van der Waals surface area contributed by atoms with E-state index in [1.165, 1.54) is 43.5 Å². The van der Waals surface area contributed by atoms with Crippen molar-refractivity contribution in [2.24, 2.45) is 11.7 Å². The van der Waals surface area contributed by atoms with E-state index in [1.54, 1.807) is 11.0 Å².